The Kier molecular flexibility index (Phi) is 5.31. The summed E-state index contributed by atoms with van der Waals surface area (Å²) >= 11 is 1.55. The Bertz CT molecular complexity index is 871. The first-order chi connectivity index (χ1) is 12.0. The van der Waals surface area contributed by atoms with Gasteiger partial charge < -0.3 is 4.90 Å². The topological polar surface area (TPSA) is 57.7 Å². The molecule has 0 saturated carbocycles. The van der Waals surface area contributed by atoms with Crippen molar-refractivity contribution in [1.82, 2.24) is 9.21 Å². The minimum absolute atomic E-state index is 0.0652. The van der Waals surface area contributed by atoms with E-state index in [0.29, 0.717) is 13.1 Å². The van der Waals surface area contributed by atoms with Crippen molar-refractivity contribution in [2.45, 2.75) is 4.90 Å². The molecule has 2 heterocycles. The fraction of sp³-hybridized carbons (Fsp3) is 0.235. The summed E-state index contributed by atoms with van der Waals surface area (Å²) in [6.07, 6.45) is 3.24. The summed E-state index contributed by atoms with van der Waals surface area (Å²) in [5.41, 5.74) is 0.964. The average Bonchev–Trinajstić information content (AvgIpc) is 3.13. The van der Waals surface area contributed by atoms with Gasteiger partial charge in [-0.3, -0.25) is 4.79 Å². The van der Waals surface area contributed by atoms with Gasteiger partial charge in [-0.2, -0.15) is 15.6 Å². The van der Waals surface area contributed by atoms with Gasteiger partial charge in [-0.05, 0) is 46.7 Å². The molecule has 0 aliphatic carbocycles. The number of thiophene rings is 1. The number of hydrogen-bond donors (Lipinski definition) is 0. The molecule has 1 saturated heterocycles. The van der Waals surface area contributed by atoms with Crippen LogP contribution < -0.4 is 0 Å². The Morgan fingerprint density at radius 2 is 1.92 bits per heavy atom. The molecule has 25 heavy (non-hydrogen) atoms. The second kappa shape index (κ2) is 7.47. The number of rotatable bonds is 4. The van der Waals surface area contributed by atoms with E-state index in [1.165, 1.54) is 28.6 Å². The molecule has 0 radical (unpaired) electrons. The molecular formula is C17H17FN2O3S2. The third kappa shape index (κ3) is 4.15. The number of sulfonamides is 1. The first kappa shape index (κ1) is 17.8. The maximum absolute atomic E-state index is 13.3. The number of carbonyl (C=O) groups is 1. The van der Waals surface area contributed by atoms with Crippen molar-refractivity contribution in [3.05, 3.63) is 58.5 Å². The van der Waals surface area contributed by atoms with Gasteiger partial charge in [-0.25, -0.2) is 12.8 Å². The molecule has 2 aromatic rings. The lowest BCUT2D eigenvalue weighted by molar-refractivity contribution is -0.127. The molecule has 1 aromatic heterocycles. The van der Waals surface area contributed by atoms with E-state index >= 15 is 0 Å². The molecule has 8 heteroatoms. The Hall–Kier alpha value is -2.03. The molecule has 1 amide bonds. The van der Waals surface area contributed by atoms with Crippen LogP contribution >= 0.6 is 11.3 Å². The van der Waals surface area contributed by atoms with E-state index < -0.39 is 15.8 Å². The molecule has 5 nitrogen and oxygen atoms in total. The zero-order chi connectivity index (χ0) is 17.9. The molecule has 1 aliphatic rings. The SMILES string of the molecule is O=C(C=Cc1ccsc1)N1CCN(S(=O)(=O)c2cccc(F)c2)CC1. The van der Waals surface area contributed by atoms with Gasteiger partial charge in [0.05, 0.1) is 4.90 Å². The quantitative estimate of drug-likeness (QED) is 0.766. The van der Waals surface area contributed by atoms with Gasteiger partial charge in [-0.15, -0.1) is 0 Å². The minimum atomic E-state index is -3.74. The van der Waals surface area contributed by atoms with Crippen LogP contribution in [-0.2, 0) is 14.8 Å². The molecule has 0 spiro atoms. The van der Waals surface area contributed by atoms with Gasteiger partial charge in [0.15, 0.2) is 0 Å². The van der Waals surface area contributed by atoms with E-state index in [1.807, 2.05) is 16.8 Å². The zero-order valence-corrected chi connectivity index (χ0v) is 15.0. The highest BCUT2D eigenvalue weighted by Crippen LogP contribution is 2.18. The predicted molar refractivity (Wildman–Crippen MR) is 95.1 cm³/mol. The highest BCUT2D eigenvalue weighted by Gasteiger charge is 2.29. The van der Waals surface area contributed by atoms with Crippen molar-refractivity contribution in [2.24, 2.45) is 0 Å². The van der Waals surface area contributed by atoms with Gasteiger partial charge in [0, 0.05) is 32.3 Å². The van der Waals surface area contributed by atoms with Crippen LogP contribution in [0.4, 0.5) is 4.39 Å². The van der Waals surface area contributed by atoms with Crippen LogP contribution in [0, 0.1) is 5.82 Å². The van der Waals surface area contributed by atoms with Gasteiger partial charge in [0.2, 0.25) is 15.9 Å². The molecule has 0 bridgehead atoms. The number of benzene rings is 1. The average molecular weight is 380 g/mol. The summed E-state index contributed by atoms with van der Waals surface area (Å²) in [6.45, 7) is 0.996. The van der Waals surface area contributed by atoms with Crippen molar-refractivity contribution in [3.63, 3.8) is 0 Å². The third-order valence-electron chi connectivity index (χ3n) is 3.95. The van der Waals surface area contributed by atoms with Crippen LogP contribution in [0.5, 0.6) is 0 Å². The van der Waals surface area contributed by atoms with Crippen LogP contribution in [0.3, 0.4) is 0 Å². The highest BCUT2D eigenvalue weighted by molar-refractivity contribution is 7.89. The largest absolute Gasteiger partial charge is 0.337 e. The smallest absolute Gasteiger partial charge is 0.246 e. The summed E-state index contributed by atoms with van der Waals surface area (Å²) in [4.78, 5) is 13.7. The van der Waals surface area contributed by atoms with E-state index in [0.717, 1.165) is 11.6 Å². The van der Waals surface area contributed by atoms with Gasteiger partial charge in [0.25, 0.3) is 0 Å². The van der Waals surface area contributed by atoms with E-state index in [4.69, 9.17) is 0 Å². The second-order valence-corrected chi connectivity index (χ2v) is 8.29. The normalized spacial score (nSPS) is 16.4. The Balaban J connectivity index is 1.62. The predicted octanol–water partition coefficient (Wildman–Crippen LogP) is 2.43. The first-order valence-corrected chi connectivity index (χ1v) is 10.1. The Morgan fingerprint density at radius 3 is 2.56 bits per heavy atom. The summed E-state index contributed by atoms with van der Waals surface area (Å²) in [6, 6.07) is 6.88. The van der Waals surface area contributed by atoms with E-state index in [-0.39, 0.29) is 23.9 Å². The third-order valence-corrected chi connectivity index (χ3v) is 6.54. The minimum Gasteiger partial charge on any atom is -0.337 e. The molecule has 1 fully saturated rings. The van der Waals surface area contributed by atoms with Crippen molar-refractivity contribution >= 4 is 33.3 Å². The molecule has 1 aromatic carbocycles. The van der Waals surface area contributed by atoms with Gasteiger partial charge >= 0.3 is 0 Å². The molecule has 0 N–H and O–H groups in total. The lowest BCUT2D eigenvalue weighted by atomic mass is 10.3. The number of amides is 1. The van der Waals surface area contributed by atoms with Gasteiger partial charge in [-0.1, -0.05) is 6.07 Å². The van der Waals surface area contributed by atoms with Gasteiger partial charge in [0.1, 0.15) is 5.82 Å². The molecular weight excluding hydrogens is 363 g/mol. The number of piperazine rings is 1. The van der Waals surface area contributed by atoms with Crippen molar-refractivity contribution in [2.75, 3.05) is 26.2 Å². The molecule has 132 valence electrons. The van der Waals surface area contributed by atoms with E-state index in [2.05, 4.69) is 0 Å². The molecule has 0 atom stereocenters. The summed E-state index contributed by atoms with van der Waals surface area (Å²) < 4.78 is 39.7. The summed E-state index contributed by atoms with van der Waals surface area (Å²) in [5.74, 6) is -0.734. The monoisotopic (exact) mass is 380 g/mol. The van der Waals surface area contributed by atoms with Crippen LogP contribution in [-0.4, -0.2) is 49.7 Å². The summed E-state index contributed by atoms with van der Waals surface area (Å²) in [7, 11) is -3.74. The number of carbonyl (C=O) groups excluding carboxylic acids is 1. The standard InChI is InChI=1S/C17H17FN2O3S2/c18-15-2-1-3-16(12-15)25(22,23)20-9-7-19(8-10-20)17(21)5-4-14-6-11-24-13-14/h1-6,11-13H,7-10H2. The fourth-order valence-electron chi connectivity index (χ4n) is 2.57. The number of halogens is 1. The lowest BCUT2D eigenvalue weighted by Gasteiger charge is -2.33. The lowest BCUT2D eigenvalue weighted by Crippen LogP contribution is -2.50. The highest BCUT2D eigenvalue weighted by atomic mass is 32.2. The maximum Gasteiger partial charge on any atom is 0.246 e. The van der Waals surface area contributed by atoms with Crippen molar-refractivity contribution in [1.29, 1.82) is 0 Å². The molecule has 1 aliphatic heterocycles. The number of nitrogens with zero attached hydrogens (tertiary/aromatic N) is 2. The van der Waals surface area contributed by atoms with E-state index in [1.54, 1.807) is 22.3 Å². The summed E-state index contributed by atoms with van der Waals surface area (Å²) in [5, 5.41) is 3.87. The second-order valence-electron chi connectivity index (χ2n) is 5.58. The number of hydrogen-bond acceptors (Lipinski definition) is 4. The van der Waals surface area contributed by atoms with Crippen LogP contribution in [0.15, 0.2) is 52.1 Å². The fourth-order valence-corrected chi connectivity index (χ4v) is 4.65. The Labute approximate surface area is 150 Å². The van der Waals surface area contributed by atoms with Crippen LogP contribution in [0.25, 0.3) is 6.08 Å². The molecule has 3 rings (SSSR count). The molecule has 0 unspecified atom stereocenters. The zero-order valence-electron chi connectivity index (χ0n) is 13.3. The maximum atomic E-state index is 13.3. The van der Waals surface area contributed by atoms with Crippen molar-refractivity contribution in [3.8, 4) is 0 Å². The first-order valence-electron chi connectivity index (χ1n) is 7.72. The Morgan fingerprint density at radius 1 is 1.16 bits per heavy atom. The van der Waals surface area contributed by atoms with E-state index in [9.17, 15) is 17.6 Å². The van der Waals surface area contributed by atoms with Crippen molar-refractivity contribution < 1.29 is 17.6 Å². The van der Waals surface area contributed by atoms with Crippen LogP contribution in [0.2, 0.25) is 0 Å². The van der Waals surface area contributed by atoms with Crippen LogP contribution in [0.1, 0.15) is 5.56 Å².